The van der Waals surface area contributed by atoms with Crippen LogP contribution < -0.4 is 0 Å². The Kier molecular flexibility index (Phi) is 8.75. The van der Waals surface area contributed by atoms with E-state index in [1.165, 1.54) is 68.3 Å². The molecule has 0 radical (unpaired) electrons. The number of phenolic OH excluding ortho intramolecular Hbond substituents is 1. The first-order valence-electron chi connectivity index (χ1n) is 13.6. The highest BCUT2D eigenvalue weighted by molar-refractivity contribution is 5.83. The number of aliphatic carboxylic acids is 2. The van der Waals surface area contributed by atoms with Gasteiger partial charge in [0.1, 0.15) is 5.75 Å². The van der Waals surface area contributed by atoms with E-state index in [4.69, 9.17) is 20.4 Å². The normalized spacial score (nSPS) is 26.5. The molecule has 1 saturated carbocycles. The van der Waals surface area contributed by atoms with E-state index in [2.05, 4.69) is 54.3 Å². The highest BCUT2D eigenvalue weighted by atomic mass is 16.4. The van der Waals surface area contributed by atoms with Gasteiger partial charge in [-0.15, -0.1) is 0 Å². The van der Waals surface area contributed by atoms with Gasteiger partial charge >= 0.3 is 11.9 Å². The second kappa shape index (κ2) is 11.8. The third kappa shape index (κ3) is 5.58. The minimum atomic E-state index is -2.27. The Labute approximate surface area is 223 Å². The Bertz CT molecular complexity index is 1100. The summed E-state index contributed by atoms with van der Waals surface area (Å²) in [7, 11) is 0. The molecule has 5 N–H and O–H groups in total. The number of hydrogen-bond acceptors (Lipinski definition) is 6. The zero-order valence-electron chi connectivity index (χ0n) is 21.9. The summed E-state index contributed by atoms with van der Waals surface area (Å²) in [5, 5.41) is 42.7. The number of fused-ring (bicyclic) bond motifs is 1. The molecule has 1 heterocycles. The van der Waals surface area contributed by atoms with Crippen molar-refractivity contribution in [3.05, 3.63) is 65.2 Å². The molecule has 2 aromatic rings. The van der Waals surface area contributed by atoms with Crippen molar-refractivity contribution < 1.29 is 35.1 Å². The van der Waals surface area contributed by atoms with Gasteiger partial charge in [-0.25, -0.2) is 9.59 Å². The number of likely N-dealkylation sites (tertiary alicyclic amines) is 1. The first-order chi connectivity index (χ1) is 18.2. The summed E-state index contributed by atoms with van der Waals surface area (Å²) < 4.78 is 0. The number of carboxylic acid groups (broad SMARTS) is 2. The van der Waals surface area contributed by atoms with Crippen molar-refractivity contribution in [1.29, 1.82) is 0 Å². The van der Waals surface area contributed by atoms with Crippen molar-refractivity contribution in [2.75, 3.05) is 13.1 Å². The lowest BCUT2D eigenvalue weighted by Gasteiger charge is -2.59. The first-order valence-corrected chi connectivity index (χ1v) is 13.6. The van der Waals surface area contributed by atoms with Gasteiger partial charge in [0.25, 0.3) is 0 Å². The summed E-state index contributed by atoms with van der Waals surface area (Å²) >= 11 is 0. The zero-order chi connectivity index (χ0) is 27.4. The Morgan fingerprint density at radius 2 is 1.68 bits per heavy atom. The first kappa shape index (κ1) is 28.1. The maximum atomic E-state index is 10.2. The molecule has 38 heavy (non-hydrogen) atoms. The number of rotatable bonds is 7. The van der Waals surface area contributed by atoms with Crippen LogP contribution in [0, 0.1) is 5.92 Å². The Morgan fingerprint density at radius 1 is 1.00 bits per heavy atom. The Balaban J connectivity index is 0.000000289. The maximum absolute atomic E-state index is 10.2. The summed E-state index contributed by atoms with van der Waals surface area (Å²) in [5.41, 5.74) is 4.80. The molecule has 3 aliphatic rings. The molecule has 206 valence electrons. The second-order valence-electron chi connectivity index (χ2n) is 10.9. The fourth-order valence-electron chi connectivity index (χ4n) is 7.05. The van der Waals surface area contributed by atoms with E-state index in [9.17, 15) is 14.7 Å². The van der Waals surface area contributed by atoms with Crippen molar-refractivity contribution in [1.82, 2.24) is 4.90 Å². The van der Waals surface area contributed by atoms with E-state index in [1.54, 1.807) is 0 Å². The molecule has 8 nitrogen and oxygen atoms in total. The van der Waals surface area contributed by atoms with Crippen molar-refractivity contribution in [2.45, 2.75) is 81.5 Å². The van der Waals surface area contributed by atoms with E-state index < -0.39 is 24.1 Å². The summed E-state index contributed by atoms with van der Waals surface area (Å²) in [6, 6.07) is 18.0. The number of carbonyl (C=O) groups is 2. The van der Waals surface area contributed by atoms with Crippen LogP contribution >= 0.6 is 0 Å². The molecule has 5 rings (SSSR count). The van der Waals surface area contributed by atoms with Crippen molar-refractivity contribution >= 4 is 11.9 Å². The van der Waals surface area contributed by atoms with Crippen LogP contribution in [0.5, 0.6) is 5.75 Å². The van der Waals surface area contributed by atoms with E-state index in [0.717, 1.165) is 12.3 Å². The highest BCUT2D eigenvalue weighted by Gasteiger charge is 2.53. The third-order valence-corrected chi connectivity index (χ3v) is 8.96. The molecular weight excluding hydrogens is 486 g/mol. The van der Waals surface area contributed by atoms with Crippen LogP contribution in [0.1, 0.15) is 68.1 Å². The smallest absolute Gasteiger partial charge is 0.335 e. The van der Waals surface area contributed by atoms with Crippen LogP contribution in [0.3, 0.4) is 0 Å². The van der Waals surface area contributed by atoms with Crippen LogP contribution in [-0.2, 0) is 21.4 Å². The number of phenols is 1. The van der Waals surface area contributed by atoms with Crippen LogP contribution in [0.4, 0.5) is 0 Å². The summed E-state index contributed by atoms with van der Waals surface area (Å²) in [4.78, 5) is 22.4. The summed E-state index contributed by atoms with van der Waals surface area (Å²) in [5.74, 6) is -1.70. The standard InChI is InChI=1S/C26H33NO.C4H6O6/c1-2-19(20-8-4-3-5-9-20)18-27-15-14-26-13-7-6-10-23(26)25(27)16-21-11-12-22(28)17-24(21)26;5-1(3(7)8)2(6)4(9)10/h3-5,8-9,11-12,17,19,23,25,28H,2,6-7,10,13-16,18H2,1H3;1-2,5-6H,(H,7,8)(H,9,10)/t19?,23-,25+,26+;/m0./s1. The monoisotopic (exact) mass is 525 g/mol. The Morgan fingerprint density at radius 3 is 2.32 bits per heavy atom. The van der Waals surface area contributed by atoms with Gasteiger partial charge in [0, 0.05) is 18.0 Å². The lowest BCUT2D eigenvalue weighted by atomic mass is 9.52. The van der Waals surface area contributed by atoms with Gasteiger partial charge in [-0.2, -0.15) is 0 Å². The number of aliphatic hydroxyl groups is 2. The van der Waals surface area contributed by atoms with Gasteiger partial charge in [0.2, 0.25) is 0 Å². The molecule has 0 spiro atoms. The van der Waals surface area contributed by atoms with Crippen LogP contribution in [0.2, 0.25) is 0 Å². The lowest BCUT2D eigenvalue weighted by Crippen LogP contribution is -2.61. The minimum Gasteiger partial charge on any atom is -0.508 e. The molecule has 3 unspecified atom stereocenters. The zero-order valence-corrected chi connectivity index (χ0v) is 21.9. The minimum absolute atomic E-state index is 0.320. The predicted octanol–water partition coefficient (Wildman–Crippen LogP) is 3.52. The number of piperidine rings is 1. The van der Waals surface area contributed by atoms with Crippen LogP contribution in [-0.4, -0.2) is 73.7 Å². The second-order valence-corrected chi connectivity index (χ2v) is 10.9. The van der Waals surface area contributed by atoms with Gasteiger partial charge in [-0.05, 0) is 79.3 Å². The topological polar surface area (TPSA) is 139 Å². The average molecular weight is 526 g/mol. The third-order valence-electron chi connectivity index (χ3n) is 8.96. The molecule has 6 atom stereocenters. The predicted molar refractivity (Wildman–Crippen MR) is 142 cm³/mol. The number of nitrogens with zero attached hydrogens (tertiary/aromatic N) is 1. The molecule has 1 saturated heterocycles. The number of hydrogen-bond donors (Lipinski definition) is 5. The molecular formula is C30H39NO7. The summed E-state index contributed by atoms with van der Waals surface area (Å²) in [6.45, 7) is 4.73. The molecule has 2 aromatic carbocycles. The van der Waals surface area contributed by atoms with E-state index in [0.29, 0.717) is 23.1 Å². The van der Waals surface area contributed by atoms with Gasteiger partial charge < -0.3 is 25.5 Å². The van der Waals surface area contributed by atoms with E-state index >= 15 is 0 Å². The maximum Gasteiger partial charge on any atom is 0.335 e. The largest absolute Gasteiger partial charge is 0.508 e. The van der Waals surface area contributed by atoms with Crippen LogP contribution in [0.25, 0.3) is 0 Å². The Hall–Kier alpha value is -2.94. The fraction of sp³-hybridized carbons (Fsp3) is 0.533. The average Bonchev–Trinajstić information content (AvgIpc) is 2.93. The molecule has 2 bridgehead atoms. The molecule has 0 aromatic heterocycles. The van der Waals surface area contributed by atoms with E-state index in [1.807, 2.05) is 6.07 Å². The van der Waals surface area contributed by atoms with Gasteiger partial charge in [-0.1, -0.05) is 56.2 Å². The van der Waals surface area contributed by atoms with Gasteiger partial charge in [0.05, 0.1) is 0 Å². The fourth-order valence-corrected chi connectivity index (χ4v) is 7.05. The molecule has 2 aliphatic carbocycles. The summed E-state index contributed by atoms with van der Waals surface area (Å²) in [6.07, 6.45) is 4.49. The number of aromatic hydroxyl groups is 1. The highest BCUT2D eigenvalue weighted by Crippen LogP contribution is 2.56. The quantitative estimate of drug-likeness (QED) is 0.370. The number of carboxylic acids is 2. The van der Waals surface area contributed by atoms with Gasteiger partial charge in [-0.3, -0.25) is 4.90 Å². The van der Waals surface area contributed by atoms with Crippen molar-refractivity contribution in [3.8, 4) is 5.75 Å². The number of benzene rings is 2. The number of aliphatic hydroxyl groups excluding tert-OH is 2. The van der Waals surface area contributed by atoms with Gasteiger partial charge in [0.15, 0.2) is 12.2 Å². The SMILES string of the molecule is CCC(CN1CC[C@]23CCCC[C@H]2[C@H]1Cc1ccc(O)cc13)c1ccccc1.O=C(O)C(O)C(O)C(=O)O. The molecule has 8 heteroatoms. The lowest BCUT2D eigenvalue weighted by molar-refractivity contribution is -0.165. The van der Waals surface area contributed by atoms with Crippen molar-refractivity contribution in [3.63, 3.8) is 0 Å². The van der Waals surface area contributed by atoms with Crippen molar-refractivity contribution in [2.24, 2.45) is 5.92 Å². The molecule has 1 aliphatic heterocycles. The molecule has 2 fully saturated rings. The van der Waals surface area contributed by atoms with E-state index in [-0.39, 0.29) is 0 Å². The van der Waals surface area contributed by atoms with Crippen LogP contribution in [0.15, 0.2) is 48.5 Å². The molecule has 0 amide bonds.